The van der Waals surface area contributed by atoms with Crippen LogP contribution in [0, 0.1) is 0 Å². The van der Waals surface area contributed by atoms with Gasteiger partial charge in [0, 0.05) is 18.7 Å². The van der Waals surface area contributed by atoms with Crippen LogP contribution in [0.2, 0.25) is 0 Å². The van der Waals surface area contributed by atoms with E-state index in [4.69, 9.17) is 0 Å². The molecule has 1 saturated heterocycles. The number of benzene rings is 2. The van der Waals surface area contributed by atoms with E-state index in [1.54, 1.807) is 0 Å². The Morgan fingerprint density at radius 1 is 1.20 bits per heavy atom. The van der Waals surface area contributed by atoms with Crippen LogP contribution in [0.15, 0.2) is 36.4 Å². The van der Waals surface area contributed by atoms with E-state index >= 15 is 0 Å². The first-order valence-corrected chi connectivity index (χ1v) is 11.8. The van der Waals surface area contributed by atoms with Gasteiger partial charge in [0.1, 0.15) is 0 Å². The molecule has 0 bridgehead atoms. The fourth-order valence-electron chi connectivity index (χ4n) is 4.85. The fraction of sp³-hybridized carbons (Fsp3) is 0.417. The first-order chi connectivity index (χ1) is 14.7. The Bertz CT molecular complexity index is 1040. The molecule has 2 aromatic carbocycles. The summed E-state index contributed by atoms with van der Waals surface area (Å²) in [5.41, 5.74) is 5.64. The summed E-state index contributed by atoms with van der Waals surface area (Å²) in [6.07, 6.45) is 3.62. The fourth-order valence-corrected chi connectivity index (χ4v) is 5.71. The van der Waals surface area contributed by atoms with Gasteiger partial charge in [-0.05, 0) is 79.7 Å². The van der Waals surface area contributed by atoms with Crippen LogP contribution in [0.25, 0.3) is 10.2 Å². The number of carbonyl (C=O) groups is 1. The lowest BCUT2D eigenvalue weighted by atomic mass is 9.85. The summed E-state index contributed by atoms with van der Waals surface area (Å²) in [7, 11) is 0. The van der Waals surface area contributed by atoms with Crippen LogP contribution in [0.3, 0.4) is 0 Å². The maximum absolute atomic E-state index is 13.1. The molecule has 0 saturated carbocycles. The lowest BCUT2D eigenvalue weighted by molar-refractivity contribution is 0.102. The van der Waals surface area contributed by atoms with Crippen molar-refractivity contribution in [2.75, 3.05) is 31.5 Å². The molecule has 3 heterocycles. The first kappa shape index (κ1) is 19.7. The number of carbonyl (C=O) groups excluding carboxylic acids is 1. The van der Waals surface area contributed by atoms with E-state index in [9.17, 15) is 4.79 Å². The molecule has 0 aliphatic carbocycles. The van der Waals surface area contributed by atoms with E-state index in [1.807, 2.05) is 30.3 Å². The predicted molar refractivity (Wildman–Crippen MR) is 124 cm³/mol. The van der Waals surface area contributed by atoms with Crippen molar-refractivity contribution in [3.8, 4) is 0 Å². The molecule has 3 aromatic rings. The number of para-hydroxylation sites is 1. The number of hydrogen-bond donors (Lipinski definition) is 2. The first-order valence-electron chi connectivity index (χ1n) is 10.9. The van der Waals surface area contributed by atoms with Gasteiger partial charge >= 0.3 is 0 Å². The Hall–Kier alpha value is -2.28. The van der Waals surface area contributed by atoms with Crippen LogP contribution in [0.1, 0.15) is 52.7 Å². The quantitative estimate of drug-likeness (QED) is 0.643. The molecular weight excluding hydrogens is 392 g/mol. The number of nitrogens with one attached hydrogen (secondary N) is 2. The minimum absolute atomic E-state index is 0.0623. The van der Waals surface area contributed by atoms with Crippen molar-refractivity contribution in [3.05, 3.63) is 58.7 Å². The van der Waals surface area contributed by atoms with Gasteiger partial charge in [0.05, 0.1) is 10.2 Å². The second kappa shape index (κ2) is 8.46. The third-order valence-corrected chi connectivity index (χ3v) is 7.29. The van der Waals surface area contributed by atoms with Gasteiger partial charge in [-0.3, -0.25) is 10.1 Å². The van der Waals surface area contributed by atoms with E-state index in [-0.39, 0.29) is 5.91 Å². The van der Waals surface area contributed by atoms with Crippen molar-refractivity contribution in [1.82, 2.24) is 15.2 Å². The molecule has 0 spiro atoms. The second-order valence-corrected chi connectivity index (χ2v) is 9.47. The Morgan fingerprint density at radius 2 is 2.03 bits per heavy atom. The monoisotopic (exact) mass is 420 g/mol. The van der Waals surface area contributed by atoms with Crippen LogP contribution >= 0.6 is 11.3 Å². The second-order valence-electron chi connectivity index (χ2n) is 8.44. The molecule has 2 aliphatic rings. The molecule has 0 radical (unpaired) electrons. The van der Waals surface area contributed by atoms with Crippen LogP contribution in [0.5, 0.6) is 0 Å². The van der Waals surface area contributed by atoms with E-state index < -0.39 is 0 Å². The van der Waals surface area contributed by atoms with Crippen molar-refractivity contribution in [2.24, 2.45) is 0 Å². The van der Waals surface area contributed by atoms with Crippen LogP contribution in [0.4, 0.5) is 5.13 Å². The van der Waals surface area contributed by atoms with Crippen LogP contribution in [-0.2, 0) is 13.0 Å². The molecule has 5 rings (SSSR count). The van der Waals surface area contributed by atoms with Crippen molar-refractivity contribution < 1.29 is 4.79 Å². The molecule has 1 fully saturated rings. The number of fused-ring (bicyclic) bond motifs is 2. The zero-order valence-electron chi connectivity index (χ0n) is 17.4. The van der Waals surface area contributed by atoms with Crippen LogP contribution in [-0.4, -0.2) is 42.0 Å². The smallest absolute Gasteiger partial charge is 0.257 e. The molecular formula is C24H28N4OS. The largest absolute Gasteiger partial charge is 0.312 e. The van der Waals surface area contributed by atoms with Gasteiger partial charge in [0.15, 0.2) is 5.13 Å². The van der Waals surface area contributed by atoms with E-state index in [1.165, 1.54) is 48.4 Å². The lowest BCUT2D eigenvalue weighted by Gasteiger charge is -2.27. The lowest BCUT2D eigenvalue weighted by Crippen LogP contribution is -2.30. The van der Waals surface area contributed by atoms with Gasteiger partial charge in [0.25, 0.3) is 5.91 Å². The number of anilines is 1. The highest BCUT2D eigenvalue weighted by Gasteiger charge is 2.24. The van der Waals surface area contributed by atoms with Crippen molar-refractivity contribution in [2.45, 2.75) is 38.6 Å². The van der Waals surface area contributed by atoms with Crippen molar-refractivity contribution in [3.63, 3.8) is 0 Å². The molecule has 2 aliphatic heterocycles. The molecule has 156 valence electrons. The summed E-state index contributed by atoms with van der Waals surface area (Å²) >= 11 is 1.52. The number of nitrogens with zero attached hydrogens (tertiary/aromatic N) is 2. The highest BCUT2D eigenvalue weighted by Crippen LogP contribution is 2.31. The number of likely N-dealkylation sites (tertiary alicyclic amines) is 1. The van der Waals surface area contributed by atoms with E-state index in [0.29, 0.717) is 11.0 Å². The van der Waals surface area contributed by atoms with Gasteiger partial charge in [-0.25, -0.2) is 4.98 Å². The standard InChI is InChI=1S/C24H28N4OS/c1-16(15-28-12-4-5-13-28)17-8-9-19(20-14-25-11-10-18(17)20)23(29)27-24-26-21-6-2-3-7-22(21)30-24/h2-3,6-9,16,25H,4-5,10-15H2,1H3,(H,26,27,29). The Kier molecular flexibility index (Phi) is 5.54. The summed E-state index contributed by atoms with van der Waals surface area (Å²) < 4.78 is 1.09. The highest BCUT2D eigenvalue weighted by molar-refractivity contribution is 7.22. The molecule has 1 unspecified atom stereocenters. The zero-order valence-corrected chi connectivity index (χ0v) is 18.2. The molecule has 30 heavy (non-hydrogen) atoms. The minimum atomic E-state index is -0.0623. The van der Waals surface area contributed by atoms with Crippen molar-refractivity contribution >= 4 is 32.6 Å². The summed E-state index contributed by atoms with van der Waals surface area (Å²) in [4.78, 5) is 20.3. The molecule has 1 aromatic heterocycles. The molecule has 1 amide bonds. The predicted octanol–water partition coefficient (Wildman–Crippen LogP) is 4.39. The van der Waals surface area contributed by atoms with Gasteiger partial charge in [0.2, 0.25) is 0 Å². The molecule has 5 nitrogen and oxygen atoms in total. The zero-order chi connectivity index (χ0) is 20.5. The maximum Gasteiger partial charge on any atom is 0.257 e. The number of rotatable bonds is 5. The normalized spacial score (nSPS) is 17.8. The summed E-state index contributed by atoms with van der Waals surface area (Å²) in [6.45, 7) is 7.60. The summed E-state index contributed by atoms with van der Waals surface area (Å²) in [5.74, 6) is 0.420. The SMILES string of the molecule is CC(CN1CCCC1)c1ccc(C(=O)Nc2nc3ccccc3s2)c2c1CCNC2. The van der Waals surface area contributed by atoms with Gasteiger partial charge in [-0.15, -0.1) is 0 Å². The third kappa shape index (κ3) is 3.87. The van der Waals surface area contributed by atoms with Crippen molar-refractivity contribution in [1.29, 1.82) is 0 Å². The summed E-state index contributed by atoms with van der Waals surface area (Å²) in [6, 6.07) is 12.2. The Labute approximate surface area is 181 Å². The number of amides is 1. The number of hydrogen-bond acceptors (Lipinski definition) is 5. The topological polar surface area (TPSA) is 57.3 Å². The average molecular weight is 421 g/mol. The molecule has 6 heteroatoms. The van der Waals surface area contributed by atoms with Gasteiger partial charge in [-0.2, -0.15) is 0 Å². The number of aromatic nitrogens is 1. The van der Waals surface area contributed by atoms with E-state index in [0.717, 1.165) is 47.4 Å². The minimum Gasteiger partial charge on any atom is -0.312 e. The average Bonchev–Trinajstić information content (AvgIpc) is 3.41. The molecule has 1 atom stereocenters. The van der Waals surface area contributed by atoms with Gasteiger partial charge in [-0.1, -0.05) is 36.5 Å². The highest BCUT2D eigenvalue weighted by atomic mass is 32.1. The maximum atomic E-state index is 13.1. The Morgan fingerprint density at radius 3 is 2.87 bits per heavy atom. The summed E-state index contributed by atoms with van der Waals surface area (Å²) in [5, 5.41) is 7.15. The Balaban J connectivity index is 1.41. The van der Waals surface area contributed by atoms with Crippen LogP contribution < -0.4 is 10.6 Å². The molecule has 2 N–H and O–H groups in total. The number of thiazole rings is 1. The third-order valence-electron chi connectivity index (χ3n) is 6.34. The van der Waals surface area contributed by atoms with Gasteiger partial charge < -0.3 is 10.2 Å². The van der Waals surface area contributed by atoms with E-state index in [2.05, 4.69) is 33.5 Å².